The predicted molar refractivity (Wildman–Crippen MR) is 114 cm³/mol. The molecule has 30 heavy (non-hydrogen) atoms. The summed E-state index contributed by atoms with van der Waals surface area (Å²) < 4.78 is 1.45. The zero-order valence-electron chi connectivity index (χ0n) is 17.2. The summed E-state index contributed by atoms with van der Waals surface area (Å²) in [6.45, 7) is 1.22. The van der Waals surface area contributed by atoms with Gasteiger partial charge in [0, 0.05) is 25.2 Å². The van der Waals surface area contributed by atoms with Crippen LogP contribution in [0.3, 0.4) is 0 Å². The van der Waals surface area contributed by atoms with Crippen LogP contribution in [0.15, 0.2) is 35.3 Å². The first kappa shape index (κ1) is 20.4. The Kier molecular flexibility index (Phi) is 6.30. The summed E-state index contributed by atoms with van der Waals surface area (Å²) in [6, 6.07) is 7.62. The highest BCUT2D eigenvalue weighted by Gasteiger charge is 2.26. The number of amides is 3. The summed E-state index contributed by atoms with van der Waals surface area (Å²) in [4.78, 5) is 43.2. The average Bonchev–Trinajstić information content (AvgIpc) is 2.77. The fourth-order valence-electron chi connectivity index (χ4n) is 4.43. The highest BCUT2D eigenvalue weighted by atomic mass is 16.2. The van der Waals surface area contributed by atoms with Crippen LogP contribution in [-0.2, 0) is 11.3 Å². The lowest BCUT2D eigenvalue weighted by molar-refractivity contribution is -0.122. The van der Waals surface area contributed by atoms with E-state index in [1.165, 1.54) is 30.0 Å². The number of rotatable bonds is 4. The molecule has 4 rings (SSSR count). The number of nitrogens with one attached hydrogen (secondary N) is 2. The van der Waals surface area contributed by atoms with Gasteiger partial charge in [0.15, 0.2) is 0 Å². The summed E-state index contributed by atoms with van der Waals surface area (Å²) >= 11 is 0. The maximum absolute atomic E-state index is 12.6. The summed E-state index contributed by atoms with van der Waals surface area (Å²) in [7, 11) is 0. The minimum Gasteiger partial charge on any atom is -0.352 e. The fraction of sp³-hybridized carbons (Fsp3) is 0.545. The zero-order chi connectivity index (χ0) is 20.9. The standard InChI is InChI=1S/C22H29N5O3/c28-20(15-27-19-9-5-4-8-18(19)23-14-21(27)29)24-17-10-12-26(13-11-17)22(30)25-16-6-2-1-3-7-16/h4-5,8-9,14,16-17H,1-3,6-7,10-13,15H2,(H,24,28)(H,25,30). The summed E-state index contributed by atoms with van der Waals surface area (Å²) in [5.74, 6) is -0.196. The molecule has 1 aromatic heterocycles. The van der Waals surface area contributed by atoms with Gasteiger partial charge < -0.3 is 15.5 Å². The molecule has 0 spiro atoms. The second-order valence-electron chi connectivity index (χ2n) is 8.28. The van der Waals surface area contributed by atoms with Gasteiger partial charge in [-0.2, -0.15) is 0 Å². The Morgan fingerprint density at radius 1 is 0.967 bits per heavy atom. The molecule has 1 aromatic carbocycles. The lowest BCUT2D eigenvalue weighted by atomic mass is 9.95. The van der Waals surface area contributed by atoms with Gasteiger partial charge in [0.1, 0.15) is 6.54 Å². The Hall–Kier alpha value is -2.90. The molecule has 3 amide bonds. The molecule has 2 fully saturated rings. The number of benzene rings is 1. The van der Waals surface area contributed by atoms with Crippen LogP contribution in [-0.4, -0.2) is 51.6 Å². The minimum absolute atomic E-state index is 0.0139. The first-order valence-electron chi connectivity index (χ1n) is 10.9. The highest BCUT2D eigenvalue weighted by molar-refractivity contribution is 5.80. The summed E-state index contributed by atoms with van der Waals surface area (Å²) in [5, 5.41) is 6.18. The van der Waals surface area contributed by atoms with Crippen molar-refractivity contribution in [2.45, 2.75) is 63.6 Å². The Bertz CT molecular complexity index is 959. The predicted octanol–water partition coefficient (Wildman–Crippen LogP) is 2.02. The van der Waals surface area contributed by atoms with Crippen molar-refractivity contribution in [3.63, 3.8) is 0 Å². The third-order valence-electron chi connectivity index (χ3n) is 6.13. The van der Waals surface area contributed by atoms with Gasteiger partial charge in [-0.25, -0.2) is 9.78 Å². The molecule has 160 valence electrons. The van der Waals surface area contributed by atoms with Crippen LogP contribution in [0.4, 0.5) is 4.79 Å². The molecule has 0 atom stereocenters. The monoisotopic (exact) mass is 411 g/mol. The Morgan fingerprint density at radius 2 is 1.67 bits per heavy atom. The average molecular weight is 412 g/mol. The van der Waals surface area contributed by atoms with Crippen LogP contribution < -0.4 is 16.2 Å². The molecule has 2 aliphatic rings. The number of hydrogen-bond acceptors (Lipinski definition) is 4. The quantitative estimate of drug-likeness (QED) is 0.804. The van der Waals surface area contributed by atoms with E-state index >= 15 is 0 Å². The van der Waals surface area contributed by atoms with Crippen molar-refractivity contribution in [3.8, 4) is 0 Å². The third-order valence-corrected chi connectivity index (χ3v) is 6.13. The van der Waals surface area contributed by atoms with E-state index in [4.69, 9.17) is 0 Å². The zero-order valence-corrected chi connectivity index (χ0v) is 17.2. The van der Waals surface area contributed by atoms with E-state index in [9.17, 15) is 14.4 Å². The normalized spacial score (nSPS) is 18.3. The maximum atomic E-state index is 12.6. The first-order valence-corrected chi connectivity index (χ1v) is 10.9. The van der Waals surface area contributed by atoms with Gasteiger partial charge in [-0.3, -0.25) is 14.2 Å². The molecule has 2 N–H and O–H groups in total. The van der Waals surface area contributed by atoms with Crippen molar-refractivity contribution in [3.05, 3.63) is 40.8 Å². The maximum Gasteiger partial charge on any atom is 0.317 e. The van der Waals surface area contributed by atoms with Gasteiger partial charge in [0.05, 0.1) is 17.2 Å². The molecule has 8 heteroatoms. The first-order chi connectivity index (χ1) is 14.6. The molecule has 2 heterocycles. The van der Waals surface area contributed by atoms with Crippen LogP contribution in [0.1, 0.15) is 44.9 Å². The van der Waals surface area contributed by atoms with Crippen LogP contribution in [0.5, 0.6) is 0 Å². The number of carbonyl (C=O) groups is 2. The molecule has 0 radical (unpaired) electrons. The van der Waals surface area contributed by atoms with Crippen molar-refractivity contribution in [2.24, 2.45) is 0 Å². The Labute approximate surface area is 175 Å². The number of nitrogens with zero attached hydrogens (tertiary/aromatic N) is 3. The summed E-state index contributed by atoms with van der Waals surface area (Å²) in [5.41, 5.74) is 1.04. The van der Waals surface area contributed by atoms with Crippen LogP contribution in [0.2, 0.25) is 0 Å². The van der Waals surface area contributed by atoms with Crippen molar-refractivity contribution < 1.29 is 9.59 Å². The smallest absolute Gasteiger partial charge is 0.317 e. The van der Waals surface area contributed by atoms with Gasteiger partial charge in [0.25, 0.3) is 5.56 Å². The number of urea groups is 1. The largest absolute Gasteiger partial charge is 0.352 e. The van der Waals surface area contributed by atoms with E-state index in [-0.39, 0.29) is 30.1 Å². The molecule has 0 unspecified atom stereocenters. The lowest BCUT2D eigenvalue weighted by Gasteiger charge is -2.34. The van der Waals surface area contributed by atoms with E-state index in [0.29, 0.717) is 30.2 Å². The molecule has 8 nitrogen and oxygen atoms in total. The number of para-hydroxylation sites is 2. The van der Waals surface area contributed by atoms with Crippen LogP contribution in [0.25, 0.3) is 11.0 Å². The van der Waals surface area contributed by atoms with Gasteiger partial charge >= 0.3 is 6.03 Å². The molecule has 1 aliphatic carbocycles. The topological polar surface area (TPSA) is 96.3 Å². The molecule has 1 saturated carbocycles. The fourth-order valence-corrected chi connectivity index (χ4v) is 4.43. The van der Waals surface area contributed by atoms with Gasteiger partial charge in [-0.15, -0.1) is 0 Å². The van der Waals surface area contributed by atoms with Gasteiger partial charge in [0.2, 0.25) is 5.91 Å². The molecule has 1 saturated heterocycles. The Balaban J connectivity index is 1.28. The van der Waals surface area contributed by atoms with Crippen LogP contribution >= 0.6 is 0 Å². The number of aromatic nitrogens is 2. The molecular formula is C22H29N5O3. The van der Waals surface area contributed by atoms with Crippen molar-refractivity contribution in [1.29, 1.82) is 0 Å². The molecule has 1 aliphatic heterocycles. The number of likely N-dealkylation sites (tertiary alicyclic amines) is 1. The molecule has 2 aromatic rings. The Morgan fingerprint density at radius 3 is 2.43 bits per heavy atom. The number of carbonyl (C=O) groups excluding carboxylic acids is 2. The van der Waals surface area contributed by atoms with E-state index in [1.807, 2.05) is 23.1 Å². The number of fused-ring (bicyclic) bond motifs is 1. The second-order valence-corrected chi connectivity index (χ2v) is 8.28. The van der Waals surface area contributed by atoms with Crippen molar-refractivity contribution >= 4 is 23.0 Å². The highest BCUT2D eigenvalue weighted by Crippen LogP contribution is 2.18. The van der Waals surface area contributed by atoms with Gasteiger partial charge in [-0.05, 0) is 37.8 Å². The van der Waals surface area contributed by atoms with Gasteiger partial charge in [-0.1, -0.05) is 31.4 Å². The van der Waals surface area contributed by atoms with E-state index < -0.39 is 0 Å². The van der Waals surface area contributed by atoms with Crippen LogP contribution in [0, 0.1) is 0 Å². The number of piperidine rings is 1. The minimum atomic E-state index is -0.293. The summed E-state index contributed by atoms with van der Waals surface area (Å²) in [6.07, 6.45) is 8.47. The van der Waals surface area contributed by atoms with Crippen molar-refractivity contribution in [1.82, 2.24) is 25.1 Å². The third kappa shape index (κ3) is 4.80. The van der Waals surface area contributed by atoms with E-state index in [1.54, 1.807) is 6.07 Å². The van der Waals surface area contributed by atoms with E-state index in [2.05, 4.69) is 15.6 Å². The lowest BCUT2D eigenvalue weighted by Crippen LogP contribution is -2.52. The van der Waals surface area contributed by atoms with Crippen molar-refractivity contribution in [2.75, 3.05) is 13.1 Å². The molecular weight excluding hydrogens is 382 g/mol. The second kappa shape index (κ2) is 9.28. The number of hydrogen-bond donors (Lipinski definition) is 2. The SMILES string of the molecule is O=C(Cn1c(=O)cnc2ccccc21)NC1CCN(C(=O)NC2CCCCC2)CC1. The molecule has 0 bridgehead atoms. The van der Waals surface area contributed by atoms with E-state index in [0.717, 1.165) is 25.7 Å².